The van der Waals surface area contributed by atoms with Crippen LogP contribution in [0.2, 0.25) is 0 Å². The number of pyridine rings is 1. The van der Waals surface area contributed by atoms with Gasteiger partial charge in [0.2, 0.25) is 5.88 Å². The van der Waals surface area contributed by atoms with Crippen LogP contribution in [-0.2, 0) is 0 Å². The number of hydrogen-bond acceptors (Lipinski definition) is 3. The van der Waals surface area contributed by atoms with Crippen molar-refractivity contribution < 1.29 is 4.74 Å². The van der Waals surface area contributed by atoms with Gasteiger partial charge in [-0.2, -0.15) is 0 Å². The van der Waals surface area contributed by atoms with Crippen molar-refractivity contribution in [3.8, 4) is 5.88 Å². The van der Waals surface area contributed by atoms with E-state index in [1.165, 1.54) is 0 Å². The zero-order chi connectivity index (χ0) is 9.68. The second-order valence-corrected chi connectivity index (χ2v) is 3.58. The van der Waals surface area contributed by atoms with E-state index in [0.717, 1.165) is 10.2 Å². The van der Waals surface area contributed by atoms with Crippen LogP contribution >= 0.6 is 15.9 Å². The van der Waals surface area contributed by atoms with Crippen LogP contribution in [0.5, 0.6) is 5.88 Å². The fraction of sp³-hybridized carbons (Fsp3) is 0.222. The molecule has 4 heteroatoms. The van der Waals surface area contributed by atoms with Crippen molar-refractivity contribution in [1.82, 2.24) is 4.98 Å². The minimum atomic E-state index is 0.614. The van der Waals surface area contributed by atoms with Gasteiger partial charge in [-0.3, -0.25) is 0 Å². The summed E-state index contributed by atoms with van der Waals surface area (Å²) in [6, 6.07) is 3.71. The van der Waals surface area contributed by atoms with E-state index in [9.17, 15) is 0 Å². The molecule has 0 aliphatic rings. The van der Waals surface area contributed by atoms with Gasteiger partial charge in [-0.25, -0.2) is 4.98 Å². The summed E-state index contributed by atoms with van der Waals surface area (Å²) in [5.74, 6) is 0.614. The lowest BCUT2D eigenvalue weighted by Crippen LogP contribution is -2.00. The average Bonchev–Trinajstić information content (AvgIpc) is 2.15. The Bertz CT molecular complexity index is 284. The maximum atomic E-state index is 4.93. The molecule has 1 aromatic rings. The van der Waals surface area contributed by atoms with E-state index in [2.05, 4.69) is 32.8 Å². The predicted molar refractivity (Wildman–Crippen MR) is 57.3 cm³/mol. The molecule has 0 amide bonds. The van der Waals surface area contributed by atoms with E-state index in [-0.39, 0.29) is 0 Å². The molecule has 0 aliphatic heterocycles. The molecule has 0 radical (unpaired) electrons. The van der Waals surface area contributed by atoms with Crippen LogP contribution in [0.1, 0.15) is 0 Å². The molecule has 0 fully saturated rings. The number of nitrogens with zero attached hydrogens (tertiary/aromatic N) is 1. The Hall–Kier alpha value is -1.03. The summed E-state index contributed by atoms with van der Waals surface area (Å²) in [6.07, 6.45) is 1.72. The fourth-order valence-electron chi connectivity index (χ4n) is 0.804. The van der Waals surface area contributed by atoms with Gasteiger partial charge < -0.3 is 10.1 Å². The van der Waals surface area contributed by atoms with Crippen LogP contribution in [0.25, 0.3) is 0 Å². The molecule has 3 nitrogen and oxygen atoms in total. The van der Waals surface area contributed by atoms with E-state index in [1.54, 1.807) is 19.4 Å². The first kappa shape index (κ1) is 10.1. The number of aromatic nitrogens is 1. The van der Waals surface area contributed by atoms with Gasteiger partial charge in [0.05, 0.1) is 19.0 Å². The highest BCUT2D eigenvalue weighted by molar-refractivity contribution is 9.11. The molecule has 70 valence electrons. The monoisotopic (exact) mass is 242 g/mol. The van der Waals surface area contributed by atoms with Crippen LogP contribution in [-0.4, -0.2) is 18.6 Å². The Balaban J connectivity index is 2.54. The highest BCUT2D eigenvalue weighted by Crippen LogP contribution is 2.11. The smallest absolute Gasteiger partial charge is 0.213 e. The lowest BCUT2D eigenvalue weighted by molar-refractivity contribution is 0.398. The molecule has 0 aromatic carbocycles. The minimum Gasteiger partial charge on any atom is -0.481 e. The lowest BCUT2D eigenvalue weighted by Gasteiger charge is -2.04. The van der Waals surface area contributed by atoms with Crippen LogP contribution in [0.15, 0.2) is 29.4 Å². The molecule has 0 aliphatic carbocycles. The average molecular weight is 243 g/mol. The third kappa shape index (κ3) is 3.46. The summed E-state index contributed by atoms with van der Waals surface area (Å²) < 4.78 is 5.83. The van der Waals surface area contributed by atoms with Crippen molar-refractivity contribution in [2.45, 2.75) is 0 Å². The molecule has 0 saturated heterocycles. The number of rotatable bonds is 4. The van der Waals surface area contributed by atoms with Gasteiger partial charge >= 0.3 is 0 Å². The number of hydrogen-bond donors (Lipinski definition) is 1. The van der Waals surface area contributed by atoms with Gasteiger partial charge in [-0.05, 0) is 6.07 Å². The van der Waals surface area contributed by atoms with Gasteiger partial charge in [0.1, 0.15) is 0 Å². The Morgan fingerprint density at radius 3 is 2.92 bits per heavy atom. The van der Waals surface area contributed by atoms with Crippen molar-refractivity contribution in [2.75, 3.05) is 19.0 Å². The van der Waals surface area contributed by atoms with Crippen LogP contribution in [0.3, 0.4) is 0 Å². The summed E-state index contributed by atoms with van der Waals surface area (Å²) in [6.45, 7) is 4.40. The number of halogens is 1. The van der Waals surface area contributed by atoms with Gasteiger partial charge in [0.15, 0.2) is 0 Å². The minimum absolute atomic E-state index is 0.614. The van der Waals surface area contributed by atoms with E-state index in [4.69, 9.17) is 4.74 Å². The Labute approximate surface area is 86.0 Å². The zero-order valence-electron chi connectivity index (χ0n) is 7.38. The second kappa shape index (κ2) is 4.87. The molecular formula is C9H11BrN2O. The first-order valence-corrected chi connectivity index (χ1v) is 4.59. The van der Waals surface area contributed by atoms with E-state index in [1.807, 2.05) is 6.07 Å². The second-order valence-electron chi connectivity index (χ2n) is 2.46. The summed E-state index contributed by atoms with van der Waals surface area (Å²) in [7, 11) is 1.59. The van der Waals surface area contributed by atoms with Crippen molar-refractivity contribution in [3.05, 3.63) is 29.4 Å². The first-order chi connectivity index (χ1) is 6.22. The van der Waals surface area contributed by atoms with Gasteiger partial charge in [0.25, 0.3) is 0 Å². The third-order valence-corrected chi connectivity index (χ3v) is 1.71. The number of methoxy groups -OCH3 is 1. The van der Waals surface area contributed by atoms with Crippen LogP contribution in [0, 0.1) is 0 Å². The van der Waals surface area contributed by atoms with E-state index >= 15 is 0 Å². The summed E-state index contributed by atoms with van der Waals surface area (Å²) >= 11 is 3.26. The molecule has 0 spiro atoms. The maximum Gasteiger partial charge on any atom is 0.213 e. The summed E-state index contributed by atoms with van der Waals surface area (Å²) in [4.78, 5) is 4.05. The normalized spacial score (nSPS) is 9.38. The van der Waals surface area contributed by atoms with E-state index in [0.29, 0.717) is 12.4 Å². The van der Waals surface area contributed by atoms with Gasteiger partial charge in [-0.1, -0.05) is 22.5 Å². The summed E-state index contributed by atoms with van der Waals surface area (Å²) in [5, 5.41) is 3.13. The van der Waals surface area contributed by atoms with Crippen LogP contribution < -0.4 is 10.1 Å². The number of anilines is 1. The molecule has 1 N–H and O–H groups in total. The highest BCUT2D eigenvalue weighted by Gasteiger charge is 1.94. The molecule has 1 aromatic heterocycles. The molecule has 0 saturated carbocycles. The summed E-state index contributed by atoms with van der Waals surface area (Å²) in [5.41, 5.74) is 0.946. The quantitative estimate of drug-likeness (QED) is 0.881. The van der Waals surface area contributed by atoms with E-state index < -0.39 is 0 Å². The Morgan fingerprint density at radius 1 is 1.69 bits per heavy atom. The molecule has 13 heavy (non-hydrogen) atoms. The third-order valence-electron chi connectivity index (χ3n) is 1.43. The number of ether oxygens (including phenoxy) is 1. The van der Waals surface area contributed by atoms with Gasteiger partial charge in [-0.15, -0.1) is 0 Å². The SMILES string of the molecule is C=C(Br)CNc1ccc(OC)nc1. The molecular weight excluding hydrogens is 232 g/mol. The Morgan fingerprint density at radius 2 is 2.46 bits per heavy atom. The largest absolute Gasteiger partial charge is 0.481 e. The highest BCUT2D eigenvalue weighted by atomic mass is 79.9. The molecule has 0 unspecified atom stereocenters. The van der Waals surface area contributed by atoms with Crippen molar-refractivity contribution in [1.29, 1.82) is 0 Å². The molecule has 1 rings (SSSR count). The fourth-order valence-corrected chi connectivity index (χ4v) is 0.944. The molecule has 1 heterocycles. The maximum absolute atomic E-state index is 4.93. The Kier molecular flexibility index (Phi) is 3.76. The standard InChI is InChI=1S/C9H11BrN2O/c1-7(10)5-11-8-3-4-9(13-2)12-6-8/h3-4,6,11H,1,5H2,2H3. The molecule has 0 bridgehead atoms. The van der Waals surface area contributed by atoms with Crippen molar-refractivity contribution >= 4 is 21.6 Å². The van der Waals surface area contributed by atoms with Crippen LogP contribution in [0.4, 0.5) is 5.69 Å². The lowest BCUT2D eigenvalue weighted by atomic mass is 10.4. The van der Waals surface area contributed by atoms with Gasteiger partial charge in [0, 0.05) is 17.1 Å². The number of nitrogens with one attached hydrogen (secondary N) is 1. The zero-order valence-corrected chi connectivity index (χ0v) is 8.97. The topological polar surface area (TPSA) is 34.1 Å². The van der Waals surface area contributed by atoms with Crippen molar-refractivity contribution in [3.63, 3.8) is 0 Å². The molecule has 0 atom stereocenters. The predicted octanol–water partition coefficient (Wildman–Crippen LogP) is 2.41. The van der Waals surface area contributed by atoms with Crippen molar-refractivity contribution in [2.24, 2.45) is 0 Å². The first-order valence-electron chi connectivity index (χ1n) is 3.79.